The molecule has 6 nitrogen and oxygen atoms in total. The summed E-state index contributed by atoms with van der Waals surface area (Å²) in [4.78, 5) is 18.7. The van der Waals surface area contributed by atoms with Gasteiger partial charge in [-0.15, -0.1) is 24.0 Å². The topological polar surface area (TPSA) is 82.8 Å². The van der Waals surface area contributed by atoms with Gasteiger partial charge in [-0.2, -0.15) is 0 Å². The van der Waals surface area contributed by atoms with Gasteiger partial charge in [-0.1, -0.05) is 6.42 Å². The van der Waals surface area contributed by atoms with Gasteiger partial charge in [0.1, 0.15) is 0 Å². The van der Waals surface area contributed by atoms with Crippen molar-refractivity contribution in [1.82, 2.24) is 15.5 Å². The highest BCUT2D eigenvalue weighted by atomic mass is 127. The first-order valence-electron chi connectivity index (χ1n) is 9.39. The minimum atomic E-state index is -0.157. The van der Waals surface area contributed by atoms with E-state index in [4.69, 9.17) is 5.73 Å². The van der Waals surface area contributed by atoms with E-state index in [0.29, 0.717) is 18.4 Å². The first-order valence-corrected chi connectivity index (χ1v) is 9.39. The van der Waals surface area contributed by atoms with Crippen molar-refractivity contribution in [3.63, 3.8) is 0 Å². The number of halogens is 1. The van der Waals surface area contributed by atoms with E-state index < -0.39 is 0 Å². The highest BCUT2D eigenvalue weighted by Crippen LogP contribution is 2.26. The van der Waals surface area contributed by atoms with E-state index >= 15 is 0 Å². The Kier molecular flexibility index (Phi) is 9.48. The molecule has 0 aromatic carbocycles. The Labute approximate surface area is 169 Å². The second kappa shape index (κ2) is 10.5. The minimum absolute atomic E-state index is 0. The molecule has 0 aromatic heterocycles. The van der Waals surface area contributed by atoms with E-state index in [1.807, 2.05) is 20.8 Å². The highest BCUT2D eigenvalue weighted by molar-refractivity contribution is 14.0. The molecule has 0 aromatic rings. The first kappa shape index (κ1) is 22.5. The third-order valence-electron chi connectivity index (χ3n) is 4.91. The molecule has 0 spiro atoms. The fourth-order valence-electron chi connectivity index (χ4n) is 3.22. The molecule has 2 rings (SSSR count). The second-order valence-corrected chi connectivity index (χ2v) is 8.42. The maximum absolute atomic E-state index is 12.0. The fraction of sp³-hybridized carbons (Fsp3) is 0.889. The lowest BCUT2D eigenvalue weighted by molar-refractivity contribution is -0.124. The lowest BCUT2D eigenvalue weighted by Gasteiger charge is -2.32. The maximum Gasteiger partial charge on any atom is 0.234 e. The van der Waals surface area contributed by atoms with Crippen molar-refractivity contribution in [2.24, 2.45) is 22.6 Å². The molecular formula is C18H36IN5O. The molecule has 0 atom stereocenters. The van der Waals surface area contributed by atoms with Crippen molar-refractivity contribution in [2.45, 2.75) is 58.4 Å². The van der Waals surface area contributed by atoms with Crippen LogP contribution in [0.15, 0.2) is 4.99 Å². The fourth-order valence-corrected chi connectivity index (χ4v) is 3.22. The lowest BCUT2D eigenvalue weighted by Crippen LogP contribution is -2.48. The smallest absolute Gasteiger partial charge is 0.234 e. The average molecular weight is 465 g/mol. The molecule has 1 amide bonds. The van der Waals surface area contributed by atoms with Gasteiger partial charge >= 0.3 is 0 Å². The number of nitrogens with two attached hydrogens (primary N) is 1. The largest absolute Gasteiger partial charge is 0.370 e. The van der Waals surface area contributed by atoms with Crippen molar-refractivity contribution in [3.05, 3.63) is 0 Å². The van der Waals surface area contributed by atoms with Crippen molar-refractivity contribution >= 4 is 35.8 Å². The summed E-state index contributed by atoms with van der Waals surface area (Å²) in [7, 11) is 0. The molecule has 4 N–H and O–H groups in total. The molecule has 1 aliphatic carbocycles. The van der Waals surface area contributed by atoms with Crippen LogP contribution in [0.2, 0.25) is 0 Å². The normalized spacial score (nSPS) is 20.5. The molecule has 1 aliphatic heterocycles. The van der Waals surface area contributed by atoms with Gasteiger partial charge in [-0.25, -0.2) is 0 Å². The van der Waals surface area contributed by atoms with Crippen molar-refractivity contribution in [2.75, 3.05) is 32.7 Å². The molecule has 2 fully saturated rings. The van der Waals surface area contributed by atoms with E-state index in [9.17, 15) is 4.79 Å². The Morgan fingerprint density at radius 2 is 1.80 bits per heavy atom. The number of likely N-dealkylation sites (tertiary alicyclic amines) is 1. The SMILES string of the molecule is CC(C)(C)NC(=O)CN1CCC(CNC(N)=NCC2CCC2)CC1.I. The number of aliphatic imine (C=N–C) groups is 1. The van der Waals surface area contributed by atoms with Crippen LogP contribution in [-0.2, 0) is 4.79 Å². The standard InChI is InChI=1S/C18H35N5O.HI/c1-18(2,3)22-16(24)13-23-9-7-15(8-10-23)12-21-17(19)20-11-14-5-4-6-14;/h14-15H,4-13H2,1-3H3,(H,22,24)(H3,19,20,21);1H. The summed E-state index contributed by atoms with van der Waals surface area (Å²) in [6.07, 6.45) is 6.16. The molecule has 7 heteroatoms. The molecule has 1 saturated heterocycles. The molecule has 1 heterocycles. The lowest BCUT2D eigenvalue weighted by atomic mass is 9.86. The number of rotatable bonds is 6. The summed E-state index contributed by atoms with van der Waals surface area (Å²) in [5.41, 5.74) is 5.79. The number of hydrogen-bond donors (Lipinski definition) is 3. The van der Waals surface area contributed by atoms with Crippen LogP contribution in [0.5, 0.6) is 0 Å². The number of hydrogen-bond acceptors (Lipinski definition) is 3. The monoisotopic (exact) mass is 465 g/mol. The van der Waals surface area contributed by atoms with Crippen LogP contribution < -0.4 is 16.4 Å². The Balaban J connectivity index is 0.00000312. The van der Waals surface area contributed by atoms with Crippen LogP contribution in [0, 0.1) is 11.8 Å². The predicted octanol–water partition coefficient (Wildman–Crippen LogP) is 1.94. The zero-order valence-corrected chi connectivity index (χ0v) is 18.3. The van der Waals surface area contributed by atoms with E-state index in [1.54, 1.807) is 0 Å². The van der Waals surface area contributed by atoms with Crippen LogP contribution in [0.4, 0.5) is 0 Å². The number of guanidine groups is 1. The third kappa shape index (κ3) is 9.08. The van der Waals surface area contributed by atoms with Crippen molar-refractivity contribution in [1.29, 1.82) is 0 Å². The van der Waals surface area contributed by atoms with Crippen LogP contribution in [0.25, 0.3) is 0 Å². The zero-order valence-electron chi connectivity index (χ0n) is 16.0. The molecule has 0 radical (unpaired) electrons. The summed E-state index contributed by atoms with van der Waals surface area (Å²) < 4.78 is 0. The Morgan fingerprint density at radius 1 is 1.16 bits per heavy atom. The number of carbonyl (C=O) groups excluding carboxylic acids is 1. The van der Waals surface area contributed by atoms with Gasteiger partial charge < -0.3 is 16.4 Å². The molecule has 0 unspecified atom stereocenters. The van der Waals surface area contributed by atoms with Crippen molar-refractivity contribution < 1.29 is 4.79 Å². The molecule has 25 heavy (non-hydrogen) atoms. The van der Waals surface area contributed by atoms with Gasteiger partial charge in [0.05, 0.1) is 6.54 Å². The summed E-state index contributed by atoms with van der Waals surface area (Å²) >= 11 is 0. The highest BCUT2D eigenvalue weighted by Gasteiger charge is 2.22. The molecule has 1 saturated carbocycles. The first-order chi connectivity index (χ1) is 11.3. The van der Waals surface area contributed by atoms with Crippen LogP contribution >= 0.6 is 24.0 Å². The van der Waals surface area contributed by atoms with Gasteiger partial charge in [0.15, 0.2) is 5.96 Å². The van der Waals surface area contributed by atoms with Gasteiger partial charge in [-0.3, -0.25) is 14.7 Å². The van der Waals surface area contributed by atoms with Crippen LogP contribution in [-0.4, -0.2) is 55.0 Å². The molecule has 146 valence electrons. The number of amides is 1. The second-order valence-electron chi connectivity index (χ2n) is 8.42. The summed E-state index contributed by atoms with van der Waals surface area (Å²) in [6.45, 7) is 10.3. The van der Waals surface area contributed by atoms with E-state index in [-0.39, 0.29) is 35.4 Å². The molecular weight excluding hydrogens is 429 g/mol. The molecule has 2 aliphatic rings. The average Bonchev–Trinajstić information content (AvgIpc) is 2.43. The Morgan fingerprint density at radius 3 is 2.32 bits per heavy atom. The number of carbonyl (C=O) groups is 1. The van der Waals surface area contributed by atoms with Gasteiger partial charge in [-0.05, 0) is 71.4 Å². The van der Waals surface area contributed by atoms with Gasteiger partial charge in [0.25, 0.3) is 0 Å². The van der Waals surface area contributed by atoms with E-state index in [0.717, 1.165) is 44.9 Å². The Hall–Kier alpha value is -0.570. The minimum Gasteiger partial charge on any atom is -0.370 e. The van der Waals surface area contributed by atoms with E-state index in [2.05, 4.69) is 20.5 Å². The number of nitrogens with one attached hydrogen (secondary N) is 2. The number of piperidine rings is 1. The summed E-state index contributed by atoms with van der Waals surface area (Å²) in [5.74, 6) is 2.08. The molecule has 0 bridgehead atoms. The van der Waals surface area contributed by atoms with E-state index in [1.165, 1.54) is 19.3 Å². The zero-order chi connectivity index (χ0) is 17.6. The van der Waals surface area contributed by atoms with Gasteiger partial charge in [0.2, 0.25) is 5.91 Å². The summed E-state index contributed by atoms with van der Waals surface area (Å²) in [5, 5.41) is 6.30. The third-order valence-corrected chi connectivity index (χ3v) is 4.91. The Bertz CT molecular complexity index is 437. The van der Waals surface area contributed by atoms with Crippen LogP contribution in [0.1, 0.15) is 52.9 Å². The predicted molar refractivity (Wildman–Crippen MR) is 114 cm³/mol. The van der Waals surface area contributed by atoms with Gasteiger partial charge in [0, 0.05) is 18.6 Å². The van der Waals surface area contributed by atoms with Crippen LogP contribution in [0.3, 0.4) is 0 Å². The number of nitrogens with zero attached hydrogens (tertiary/aromatic N) is 2. The quantitative estimate of drug-likeness (QED) is 0.318. The maximum atomic E-state index is 12.0. The van der Waals surface area contributed by atoms with Crippen molar-refractivity contribution in [3.8, 4) is 0 Å². The summed E-state index contributed by atoms with van der Waals surface area (Å²) in [6, 6.07) is 0.